The number of nitrogens with one attached hydrogen (secondary N) is 2. The summed E-state index contributed by atoms with van der Waals surface area (Å²) in [7, 11) is 0. The minimum Gasteiger partial charge on any atom is -0.382 e. The molecule has 0 atom stereocenters. The van der Waals surface area contributed by atoms with Crippen LogP contribution >= 0.6 is 11.5 Å². The lowest BCUT2D eigenvalue weighted by Gasteiger charge is -2.15. The van der Waals surface area contributed by atoms with E-state index < -0.39 is 0 Å². The average molecular weight is 268 g/mol. The molecule has 1 saturated carbocycles. The van der Waals surface area contributed by atoms with Crippen molar-refractivity contribution in [1.82, 2.24) is 9.69 Å². The number of nitrogens with zero attached hydrogens (tertiary/aromatic N) is 1. The topological polar surface area (TPSA) is 80.0 Å². The van der Waals surface area contributed by atoms with Crippen molar-refractivity contribution in [3.05, 3.63) is 5.56 Å². The Morgan fingerprint density at radius 1 is 1.50 bits per heavy atom. The van der Waals surface area contributed by atoms with Crippen LogP contribution in [0.1, 0.15) is 49.9 Å². The molecule has 1 aliphatic rings. The van der Waals surface area contributed by atoms with Gasteiger partial charge in [-0.05, 0) is 37.2 Å². The first-order chi connectivity index (χ1) is 8.65. The second-order valence-electron chi connectivity index (χ2n) is 4.68. The fourth-order valence-corrected chi connectivity index (χ4v) is 2.57. The molecule has 5 nitrogen and oxygen atoms in total. The van der Waals surface area contributed by atoms with E-state index in [2.05, 4.69) is 28.9 Å². The van der Waals surface area contributed by atoms with Gasteiger partial charge >= 0.3 is 0 Å². The highest BCUT2D eigenvalue weighted by Crippen LogP contribution is 2.29. The molecular weight excluding hydrogens is 248 g/mol. The number of carbonyl (C=O) groups is 1. The van der Waals surface area contributed by atoms with Crippen LogP contribution in [-0.2, 0) is 0 Å². The molecule has 1 heterocycles. The van der Waals surface area contributed by atoms with Crippen LogP contribution in [0.3, 0.4) is 0 Å². The Hall–Kier alpha value is -1.30. The number of hydrogen-bond donors (Lipinski definition) is 3. The highest BCUT2D eigenvalue weighted by Gasteiger charge is 2.27. The zero-order valence-electron chi connectivity index (χ0n) is 10.8. The van der Waals surface area contributed by atoms with Crippen molar-refractivity contribution in [1.29, 1.82) is 0 Å². The third-order valence-electron chi connectivity index (χ3n) is 3.18. The molecule has 0 radical (unpaired) electrons. The van der Waals surface area contributed by atoms with Gasteiger partial charge in [-0.15, -0.1) is 0 Å². The number of nitrogen functional groups attached to an aromatic ring is 1. The SMILES string of the molecule is CCC(CC)Nc1snc(N)c1C(=O)NC1CC1. The Labute approximate surface area is 111 Å². The number of aromatic nitrogens is 1. The maximum absolute atomic E-state index is 12.1. The maximum Gasteiger partial charge on any atom is 0.258 e. The third-order valence-corrected chi connectivity index (χ3v) is 3.97. The van der Waals surface area contributed by atoms with E-state index in [-0.39, 0.29) is 5.91 Å². The number of hydrogen-bond acceptors (Lipinski definition) is 5. The molecule has 1 aromatic rings. The number of nitrogens with two attached hydrogens (primary N) is 1. The van der Waals surface area contributed by atoms with Gasteiger partial charge in [-0.2, -0.15) is 4.37 Å². The third kappa shape index (κ3) is 2.93. The van der Waals surface area contributed by atoms with Gasteiger partial charge in [0, 0.05) is 12.1 Å². The largest absolute Gasteiger partial charge is 0.382 e. The van der Waals surface area contributed by atoms with Crippen LogP contribution in [0, 0.1) is 0 Å². The normalized spacial score (nSPS) is 14.8. The summed E-state index contributed by atoms with van der Waals surface area (Å²) in [5, 5.41) is 7.10. The fourth-order valence-electron chi connectivity index (χ4n) is 1.78. The van der Waals surface area contributed by atoms with Crippen LogP contribution in [0.15, 0.2) is 0 Å². The highest BCUT2D eigenvalue weighted by atomic mass is 32.1. The lowest BCUT2D eigenvalue weighted by Crippen LogP contribution is -2.27. The molecule has 6 heteroatoms. The van der Waals surface area contributed by atoms with Crippen LogP contribution in [0.5, 0.6) is 0 Å². The second-order valence-corrected chi connectivity index (χ2v) is 5.45. The molecule has 2 rings (SSSR count). The second kappa shape index (κ2) is 5.56. The molecule has 100 valence electrons. The van der Waals surface area contributed by atoms with Crippen molar-refractivity contribution < 1.29 is 4.79 Å². The maximum atomic E-state index is 12.1. The van der Waals surface area contributed by atoms with E-state index in [1.54, 1.807) is 0 Å². The number of rotatable bonds is 6. The zero-order valence-corrected chi connectivity index (χ0v) is 11.6. The van der Waals surface area contributed by atoms with Gasteiger partial charge in [0.25, 0.3) is 5.91 Å². The zero-order chi connectivity index (χ0) is 13.1. The van der Waals surface area contributed by atoms with Gasteiger partial charge in [-0.1, -0.05) is 13.8 Å². The number of amides is 1. The van der Waals surface area contributed by atoms with Crippen molar-refractivity contribution in [3.8, 4) is 0 Å². The average Bonchev–Trinajstić information content (AvgIpc) is 3.08. The van der Waals surface area contributed by atoms with E-state index >= 15 is 0 Å². The van der Waals surface area contributed by atoms with E-state index in [4.69, 9.17) is 5.73 Å². The summed E-state index contributed by atoms with van der Waals surface area (Å²) in [6, 6.07) is 0.690. The van der Waals surface area contributed by atoms with E-state index in [0.717, 1.165) is 30.7 Å². The van der Waals surface area contributed by atoms with E-state index in [0.29, 0.717) is 23.5 Å². The smallest absolute Gasteiger partial charge is 0.258 e. The van der Waals surface area contributed by atoms with Gasteiger partial charge in [0.15, 0.2) is 5.82 Å². The van der Waals surface area contributed by atoms with Gasteiger partial charge < -0.3 is 16.4 Å². The summed E-state index contributed by atoms with van der Waals surface area (Å²) in [6.07, 6.45) is 4.16. The van der Waals surface area contributed by atoms with Crippen molar-refractivity contribution in [2.45, 2.75) is 51.6 Å². The number of carbonyl (C=O) groups excluding carboxylic acids is 1. The molecule has 1 aliphatic carbocycles. The van der Waals surface area contributed by atoms with Gasteiger partial charge in [0.1, 0.15) is 10.6 Å². The number of anilines is 2. The molecule has 0 saturated heterocycles. The summed E-state index contributed by atoms with van der Waals surface area (Å²) in [6.45, 7) is 4.24. The van der Waals surface area contributed by atoms with Crippen LogP contribution in [-0.4, -0.2) is 22.4 Å². The first-order valence-corrected chi connectivity index (χ1v) is 7.25. The Morgan fingerprint density at radius 2 is 2.17 bits per heavy atom. The molecule has 0 aliphatic heterocycles. The van der Waals surface area contributed by atoms with Gasteiger partial charge in [0.05, 0.1) is 0 Å². The minimum atomic E-state index is -0.0998. The Kier molecular flexibility index (Phi) is 4.06. The molecule has 0 bridgehead atoms. The van der Waals surface area contributed by atoms with Crippen molar-refractivity contribution in [2.75, 3.05) is 11.1 Å². The molecule has 1 aromatic heterocycles. The molecule has 0 spiro atoms. The molecule has 0 unspecified atom stereocenters. The standard InChI is InChI=1S/C12H20N4OS/c1-3-7(4-2)15-12-9(10(13)16-18-12)11(17)14-8-5-6-8/h7-8,15H,3-6H2,1-2H3,(H2,13,16)(H,14,17). The molecule has 1 amide bonds. The van der Waals surface area contributed by atoms with Crippen LogP contribution < -0.4 is 16.4 Å². The highest BCUT2D eigenvalue weighted by molar-refractivity contribution is 7.11. The van der Waals surface area contributed by atoms with Crippen LogP contribution in [0.2, 0.25) is 0 Å². The Morgan fingerprint density at radius 3 is 2.72 bits per heavy atom. The molecule has 0 aromatic carbocycles. The summed E-state index contributed by atoms with van der Waals surface area (Å²) in [5.41, 5.74) is 6.31. The van der Waals surface area contributed by atoms with Gasteiger partial charge in [-0.3, -0.25) is 4.79 Å². The first kappa shape index (κ1) is 13.1. The van der Waals surface area contributed by atoms with E-state index in [1.807, 2.05) is 0 Å². The summed E-state index contributed by atoms with van der Waals surface area (Å²) < 4.78 is 4.08. The molecular formula is C12H20N4OS. The van der Waals surface area contributed by atoms with Crippen molar-refractivity contribution in [3.63, 3.8) is 0 Å². The van der Waals surface area contributed by atoms with Crippen molar-refractivity contribution in [2.24, 2.45) is 0 Å². The molecule has 1 fully saturated rings. The predicted molar refractivity (Wildman–Crippen MR) is 75.0 cm³/mol. The predicted octanol–water partition coefficient (Wildman–Crippen LogP) is 2.22. The molecule has 4 N–H and O–H groups in total. The molecule has 18 heavy (non-hydrogen) atoms. The minimum absolute atomic E-state index is 0.0998. The fraction of sp³-hybridized carbons (Fsp3) is 0.667. The van der Waals surface area contributed by atoms with Crippen LogP contribution in [0.25, 0.3) is 0 Å². The monoisotopic (exact) mass is 268 g/mol. The van der Waals surface area contributed by atoms with Crippen LogP contribution in [0.4, 0.5) is 10.8 Å². The first-order valence-electron chi connectivity index (χ1n) is 6.48. The summed E-state index contributed by atoms with van der Waals surface area (Å²) in [5.74, 6) is 0.226. The summed E-state index contributed by atoms with van der Waals surface area (Å²) >= 11 is 1.26. The van der Waals surface area contributed by atoms with E-state index in [9.17, 15) is 4.79 Å². The lowest BCUT2D eigenvalue weighted by molar-refractivity contribution is 0.0953. The Bertz CT molecular complexity index is 424. The van der Waals surface area contributed by atoms with Crippen molar-refractivity contribution >= 4 is 28.3 Å². The lowest BCUT2D eigenvalue weighted by atomic mass is 10.1. The van der Waals surface area contributed by atoms with E-state index in [1.165, 1.54) is 11.5 Å². The Balaban J connectivity index is 2.12. The van der Waals surface area contributed by atoms with Gasteiger partial charge in [-0.25, -0.2) is 0 Å². The van der Waals surface area contributed by atoms with Gasteiger partial charge in [0.2, 0.25) is 0 Å². The quantitative estimate of drug-likeness (QED) is 0.739. The summed E-state index contributed by atoms with van der Waals surface area (Å²) in [4.78, 5) is 12.1.